The van der Waals surface area contributed by atoms with Gasteiger partial charge < -0.3 is 19.7 Å². The molecule has 0 heterocycles. The van der Waals surface area contributed by atoms with E-state index < -0.39 is 23.4 Å². The van der Waals surface area contributed by atoms with Crippen LogP contribution in [0.25, 0.3) is 6.08 Å². The van der Waals surface area contributed by atoms with Crippen LogP contribution in [0.3, 0.4) is 0 Å². The highest BCUT2D eigenvalue weighted by Gasteiger charge is 2.35. The quantitative estimate of drug-likeness (QED) is 0.638. The molecule has 0 amide bonds. The van der Waals surface area contributed by atoms with Crippen LogP contribution in [0, 0.1) is 0 Å². The van der Waals surface area contributed by atoms with Crippen LogP contribution >= 0.6 is 0 Å². The smallest absolute Gasteiger partial charge is 0.201 e. The number of fused-ring (bicyclic) bond motifs is 2. The van der Waals surface area contributed by atoms with Gasteiger partial charge in [-0.3, -0.25) is 14.4 Å². The van der Waals surface area contributed by atoms with Crippen LogP contribution in [0.2, 0.25) is 0 Å². The normalized spacial score (nSPS) is 14.2. The zero-order valence-electron chi connectivity index (χ0n) is 16.4. The zero-order chi connectivity index (χ0) is 21.5. The molecule has 0 fully saturated rings. The van der Waals surface area contributed by atoms with Gasteiger partial charge in [0.05, 0.1) is 31.5 Å². The minimum atomic E-state index is -1.03. The number of methoxy groups -OCH3 is 2. The maximum Gasteiger partial charge on any atom is 0.201 e. The number of carbonyl (C=O) groups excluding carboxylic acids is 3. The summed E-state index contributed by atoms with van der Waals surface area (Å²) in [6, 6.07) is 5.62. The highest BCUT2D eigenvalue weighted by Crippen LogP contribution is 2.40. The molecule has 1 unspecified atom stereocenters. The number of phenols is 1. The van der Waals surface area contributed by atoms with E-state index in [1.807, 2.05) is 0 Å². The van der Waals surface area contributed by atoms with E-state index >= 15 is 0 Å². The van der Waals surface area contributed by atoms with Crippen LogP contribution in [-0.4, -0.2) is 47.9 Å². The molecule has 0 radical (unpaired) electrons. The summed E-state index contributed by atoms with van der Waals surface area (Å²) in [7, 11) is 2.80. The molecule has 2 N–H and O–H groups in total. The third kappa shape index (κ3) is 3.40. The molecule has 0 aromatic heterocycles. The van der Waals surface area contributed by atoms with E-state index in [4.69, 9.17) is 9.47 Å². The van der Waals surface area contributed by atoms with Crippen molar-refractivity contribution in [3.05, 3.63) is 57.7 Å². The van der Waals surface area contributed by atoms with Crippen LogP contribution in [0.4, 0.5) is 0 Å². The SMILES string of the molecule is COc1cc(OC)c2c(c1)C(=O)c1cc(/C=C(\C(C)=O)C(C)O)cc(O)c1C2=O. The first-order valence-corrected chi connectivity index (χ1v) is 8.82. The van der Waals surface area contributed by atoms with Crippen molar-refractivity contribution in [1.29, 1.82) is 0 Å². The number of rotatable bonds is 5. The second-order valence-corrected chi connectivity index (χ2v) is 6.70. The Hall–Kier alpha value is -3.45. The molecule has 0 saturated heterocycles. The maximum absolute atomic E-state index is 13.1. The third-order valence-electron chi connectivity index (χ3n) is 4.79. The number of hydrogen-bond donors (Lipinski definition) is 2. The Bertz CT molecular complexity index is 1080. The van der Waals surface area contributed by atoms with Gasteiger partial charge in [-0.15, -0.1) is 0 Å². The summed E-state index contributed by atoms with van der Waals surface area (Å²) in [5, 5.41) is 20.3. The molecule has 2 aromatic carbocycles. The Balaban J connectivity index is 2.24. The highest BCUT2D eigenvalue weighted by molar-refractivity contribution is 6.30. The fraction of sp³-hybridized carbons (Fsp3) is 0.227. The van der Waals surface area contributed by atoms with Crippen molar-refractivity contribution < 1.29 is 34.1 Å². The predicted octanol–water partition coefficient (Wildman–Crippen LogP) is 2.54. The van der Waals surface area contributed by atoms with E-state index in [9.17, 15) is 24.6 Å². The molecular weight excluding hydrogens is 376 g/mol. The summed E-state index contributed by atoms with van der Waals surface area (Å²) in [6.45, 7) is 2.75. The number of carbonyl (C=O) groups is 3. The summed E-state index contributed by atoms with van der Waals surface area (Å²) in [4.78, 5) is 37.9. The van der Waals surface area contributed by atoms with Crippen molar-refractivity contribution in [3.63, 3.8) is 0 Å². The number of aliphatic hydroxyl groups is 1. The Morgan fingerprint density at radius 3 is 2.21 bits per heavy atom. The van der Waals surface area contributed by atoms with E-state index in [1.165, 1.54) is 58.4 Å². The first-order chi connectivity index (χ1) is 13.7. The summed E-state index contributed by atoms with van der Waals surface area (Å²) in [6.07, 6.45) is 0.351. The standard InChI is InChI=1S/C22H20O7/c1-10(23)14(11(2)24)5-12-6-15-19(17(25)7-12)22(27)20-16(21(15)26)8-13(28-3)9-18(20)29-4/h5-10,23,25H,1-4H3/b14-5-. The third-order valence-corrected chi connectivity index (χ3v) is 4.79. The van der Waals surface area contributed by atoms with Crippen molar-refractivity contribution in [2.24, 2.45) is 0 Å². The predicted molar refractivity (Wildman–Crippen MR) is 105 cm³/mol. The van der Waals surface area contributed by atoms with Crippen LogP contribution in [-0.2, 0) is 4.79 Å². The van der Waals surface area contributed by atoms with E-state index in [1.54, 1.807) is 0 Å². The largest absolute Gasteiger partial charge is 0.507 e. The molecule has 3 rings (SSSR count). The average molecular weight is 396 g/mol. The number of aromatic hydroxyl groups is 1. The molecule has 29 heavy (non-hydrogen) atoms. The van der Waals surface area contributed by atoms with Gasteiger partial charge in [-0.1, -0.05) is 0 Å². The lowest BCUT2D eigenvalue weighted by atomic mass is 9.82. The van der Waals surface area contributed by atoms with Gasteiger partial charge in [0.1, 0.15) is 17.2 Å². The number of ether oxygens (including phenoxy) is 2. The van der Waals surface area contributed by atoms with Crippen LogP contribution in [0.1, 0.15) is 51.3 Å². The molecule has 150 valence electrons. The van der Waals surface area contributed by atoms with Crippen LogP contribution in [0.15, 0.2) is 29.8 Å². The van der Waals surface area contributed by atoms with Gasteiger partial charge in [0, 0.05) is 22.8 Å². The van der Waals surface area contributed by atoms with E-state index in [-0.39, 0.29) is 39.4 Å². The van der Waals surface area contributed by atoms with Gasteiger partial charge in [-0.2, -0.15) is 0 Å². The minimum absolute atomic E-state index is 0.00227. The lowest BCUT2D eigenvalue weighted by Crippen LogP contribution is -2.22. The number of phenolic OH excluding ortho intramolecular Hbond substituents is 1. The summed E-state index contributed by atoms with van der Waals surface area (Å²) in [5.74, 6) is -1.27. The monoisotopic (exact) mass is 396 g/mol. The fourth-order valence-electron chi connectivity index (χ4n) is 3.40. The lowest BCUT2D eigenvalue weighted by Gasteiger charge is -2.22. The average Bonchev–Trinajstić information content (AvgIpc) is 2.68. The zero-order valence-corrected chi connectivity index (χ0v) is 16.4. The summed E-state index contributed by atoms with van der Waals surface area (Å²) < 4.78 is 10.4. The van der Waals surface area contributed by atoms with Crippen molar-refractivity contribution in [1.82, 2.24) is 0 Å². The van der Waals surface area contributed by atoms with Crippen LogP contribution < -0.4 is 9.47 Å². The molecule has 7 heteroatoms. The molecule has 0 bridgehead atoms. The second-order valence-electron chi connectivity index (χ2n) is 6.70. The first-order valence-electron chi connectivity index (χ1n) is 8.82. The van der Waals surface area contributed by atoms with E-state index in [0.717, 1.165) is 0 Å². The topological polar surface area (TPSA) is 110 Å². The van der Waals surface area contributed by atoms with Gasteiger partial charge in [-0.05, 0) is 43.7 Å². The van der Waals surface area contributed by atoms with Crippen molar-refractivity contribution in [2.45, 2.75) is 20.0 Å². The number of Topliss-reactive ketones (excluding diaryl/α,β-unsaturated/α-hetero) is 1. The second kappa shape index (κ2) is 7.52. The van der Waals surface area contributed by atoms with Crippen LogP contribution in [0.5, 0.6) is 17.2 Å². The van der Waals surface area contributed by atoms with E-state index in [2.05, 4.69) is 0 Å². The molecule has 0 aliphatic heterocycles. The Labute approximate surface area is 167 Å². The van der Waals surface area contributed by atoms with Gasteiger partial charge in [0.25, 0.3) is 0 Å². The van der Waals surface area contributed by atoms with Gasteiger partial charge in [-0.25, -0.2) is 0 Å². The number of aliphatic hydroxyl groups excluding tert-OH is 1. The maximum atomic E-state index is 13.1. The minimum Gasteiger partial charge on any atom is -0.507 e. The molecule has 0 spiro atoms. The Morgan fingerprint density at radius 1 is 1.00 bits per heavy atom. The Morgan fingerprint density at radius 2 is 1.66 bits per heavy atom. The van der Waals surface area contributed by atoms with Crippen molar-refractivity contribution in [3.8, 4) is 17.2 Å². The van der Waals surface area contributed by atoms with Crippen molar-refractivity contribution >= 4 is 23.4 Å². The van der Waals surface area contributed by atoms with Gasteiger partial charge in [0.15, 0.2) is 11.6 Å². The highest BCUT2D eigenvalue weighted by atomic mass is 16.5. The molecule has 1 aliphatic carbocycles. The number of ketones is 3. The van der Waals surface area contributed by atoms with Crippen molar-refractivity contribution in [2.75, 3.05) is 14.2 Å². The lowest BCUT2D eigenvalue weighted by molar-refractivity contribution is -0.114. The number of benzene rings is 2. The fourth-order valence-corrected chi connectivity index (χ4v) is 3.40. The molecule has 7 nitrogen and oxygen atoms in total. The molecule has 2 aromatic rings. The molecule has 1 atom stereocenters. The summed E-state index contributed by atoms with van der Waals surface area (Å²) in [5.41, 5.74) is 0.441. The number of hydrogen-bond acceptors (Lipinski definition) is 7. The van der Waals surface area contributed by atoms with E-state index in [0.29, 0.717) is 11.3 Å². The molecular formula is C22H20O7. The summed E-state index contributed by atoms with van der Waals surface area (Å²) >= 11 is 0. The Kier molecular flexibility index (Phi) is 5.26. The first kappa shape index (κ1) is 20.3. The van der Waals surface area contributed by atoms with Gasteiger partial charge >= 0.3 is 0 Å². The van der Waals surface area contributed by atoms with Gasteiger partial charge in [0.2, 0.25) is 5.78 Å². The molecule has 1 aliphatic rings. The molecule has 0 saturated carbocycles.